The summed E-state index contributed by atoms with van der Waals surface area (Å²) < 4.78 is 1.28. The Morgan fingerprint density at radius 3 is 2.81 bits per heavy atom. The maximum atomic E-state index is 11.8. The first-order valence-electron chi connectivity index (χ1n) is 6.64. The fourth-order valence-electron chi connectivity index (χ4n) is 1.87. The lowest BCUT2D eigenvalue weighted by atomic mass is 10.3. The highest BCUT2D eigenvalue weighted by molar-refractivity contribution is 5.94. The summed E-state index contributed by atoms with van der Waals surface area (Å²) in [6.07, 6.45) is 1.93. The van der Waals surface area contributed by atoms with Gasteiger partial charge in [-0.3, -0.25) is 19.5 Å². The van der Waals surface area contributed by atoms with Crippen LogP contribution < -0.4 is 16.2 Å². The molecule has 0 aliphatic rings. The second kappa shape index (κ2) is 6.65. The zero-order chi connectivity index (χ0) is 15.2. The molecule has 0 fully saturated rings. The minimum absolute atomic E-state index is 0.235. The molecule has 1 aromatic heterocycles. The fraction of sp³-hybridized carbons (Fsp3) is 0.286. The lowest BCUT2D eigenvalue weighted by Gasteiger charge is -2.09. The highest BCUT2D eigenvalue weighted by Crippen LogP contribution is 2.07. The fourth-order valence-corrected chi connectivity index (χ4v) is 1.87. The van der Waals surface area contributed by atoms with Crippen molar-refractivity contribution >= 4 is 23.0 Å². The van der Waals surface area contributed by atoms with Crippen molar-refractivity contribution in [3.8, 4) is 0 Å². The van der Waals surface area contributed by atoms with E-state index in [1.807, 2.05) is 6.92 Å². The van der Waals surface area contributed by atoms with Gasteiger partial charge in [0.15, 0.2) is 0 Å². The van der Waals surface area contributed by atoms with Crippen LogP contribution in [0.15, 0.2) is 35.3 Å². The molecule has 0 unspecified atom stereocenters. The predicted molar refractivity (Wildman–Crippen MR) is 77.8 cm³/mol. The molecule has 2 rings (SSSR count). The standard InChI is InChI=1S/C14H16N4O3/c1-2-7-15-14(21)17-12(19)9-18-11-6-4-3-5-10(11)16-8-13(18)20/h3-6,8H,2,7,9H2,1H3,(H2,15,17,19,21). The Morgan fingerprint density at radius 1 is 1.29 bits per heavy atom. The van der Waals surface area contributed by atoms with E-state index in [2.05, 4.69) is 15.6 Å². The molecular formula is C14H16N4O3. The van der Waals surface area contributed by atoms with Gasteiger partial charge in [0.25, 0.3) is 5.56 Å². The summed E-state index contributed by atoms with van der Waals surface area (Å²) in [7, 11) is 0. The van der Waals surface area contributed by atoms with Crippen LogP contribution >= 0.6 is 0 Å². The van der Waals surface area contributed by atoms with Crippen LogP contribution in [0.5, 0.6) is 0 Å². The second-order valence-electron chi connectivity index (χ2n) is 4.48. The van der Waals surface area contributed by atoms with Crippen LogP contribution in [0.4, 0.5) is 4.79 Å². The number of rotatable bonds is 4. The van der Waals surface area contributed by atoms with E-state index in [0.717, 1.165) is 12.6 Å². The van der Waals surface area contributed by atoms with Crippen LogP contribution in [0.3, 0.4) is 0 Å². The largest absolute Gasteiger partial charge is 0.338 e. The molecule has 0 atom stereocenters. The molecule has 1 aromatic carbocycles. The van der Waals surface area contributed by atoms with Gasteiger partial charge in [-0.05, 0) is 18.6 Å². The summed E-state index contributed by atoms with van der Waals surface area (Å²) in [5, 5.41) is 4.72. The van der Waals surface area contributed by atoms with Crippen molar-refractivity contribution in [3.05, 3.63) is 40.8 Å². The molecule has 110 valence electrons. The van der Waals surface area contributed by atoms with Crippen molar-refractivity contribution < 1.29 is 9.59 Å². The number of carbonyl (C=O) groups excluding carboxylic acids is 2. The Labute approximate surface area is 121 Å². The van der Waals surface area contributed by atoms with Crippen molar-refractivity contribution in [2.24, 2.45) is 0 Å². The van der Waals surface area contributed by atoms with Gasteiger partial charge in [-0.2, -0.15) is 0 Å². The van der Waals surface area contributed by atoms with Crippen LogP contribution in [-0.2, 0) is 11.3 Å². The number of nitrogens with one attached hydrogen (secondary N) is 2. The number of benzene rings is 1. The maximum absolute atomic E-state index is 11.8. The Balaban J connectivity index is 2.16. The SMILES string of the molecule is CCCNC(=O)NC(=O)Cn1c(=O)cnc2ccccc21. The number of imide groups is 1. The lowest BCUT2D eigenvalue weighted by molar-refractivity contribution is -0.120. The van der Waals surface area contributed by atoms with E-state index in [-0.39, 0.29) is 6.54 Å². The van der Waals surface area contributed by atoms with E-state index < -0.39 is 17.5 Å². The molecule has 0 spiro atoms. The Kier molecular flexibility index (Phi) is 4.65. The number of amides is 3. The lowest BCUT2D eigenvalue weighted by Crippen LogP contribution is -2.42. The average molecular weight is 288 g/mol. The molecular weight excluding hydrogens is 272 g/mol. The molecule has 21 heavy (non-hydrogen) atoms. The van der Waals surface area contributed by atoms with Gasteiger partial charge in [-0.25, -0.2) is 9.78 Å². The molecule has 2 aromatic rings. The van der Waals surface area contributed by atoms with Gasteiger partial charge in [-0.15, -0.1) is 0 Å². The number of para-hydroxylation sites is 2. The smallest absolute Gasteiger partial charge is 0.321 e. The van der Waals surface area contributed by atoms with Gasteiger partial charge in [0, 0.05) is 6.54 Å². The van der Waals surface area contributed by atoms with Crippen LogP contribution in [0.1, 0.15) is 13.3 Å². The average Bonchev–Trinajstić information content (AvgIpc) is 2.48. The third kappa shape index (κ3) is 3.65. The van der Waals surface area contributed by atoms with Crippen molar-refractivity contribution in [3.63, 3.8) is 0 Å². The van der Waals surface area contributed by atoms with Gasteiger partial charge in [0.2, 0.25) is 5.91 Å². The van der Waals surface area contributed by atoms with E-state index in [9.17, 15) is 14.4 Å². The zero-order valence-electron chi connectivity index (χ0n) is 11.6. The summed E-state index contributed by atoms with van der Waals surface area (Å²) in [6.45, 7) is 2.16. The van der Waals surface area contributed by atoms with E-state index in [1.165, 1.54) is 4.57 Å². The number of fused-ring (bicyclic) bond motifs is 1. The summed E-state index contributed by atoms with van der Waals surface area (Å²) >= 11 is 0. The topological polar surface area (TPSA) is 93.1 Å². The number of urea groups is 1. The van der Waals surface area contributed by atoms with Gasteiger partial charge >= 0.3 is 6.03 Å². The number of aromatic nitrogens is 2. The van der Waals surface area contributed by atoms with Gasteiger partial charge in [-0.1, -0.05) is 19.1 Å². The van der Waals surface area contributed by atoms with Gasteiger partial charge in [0.05, 0.1) is 17.2 Å². The molecule has 2 N–H and O–H groups in total. The number of hydrogen-bond acceptors (Lipinski definition) is 4. The van der Waals surface area contributed by atoms with E-state index in [1.54, 1.807) is 24.3 Å². The third-order valence-corrected chi connectivity index (χ3v) is 2.84. The van der Waals surface area contributed by atoms with E-state index in [4.69, 9.17) is 0 Å². The molecule has 0 aliphatic carbocycles. The molecule has 1 heterocycles. The first kappa shape index (κ1) is 14.7. The highest BCUT2D eigenvalue weighted by atomic mass is 16.2. The van der Waals surface area contributed by atoms with Crippen molar-refractivity contribution in [2.75, 3.05) is 6.54 Å². The molecule has 0 radical (unpaired) electrons. The Bertz CT molecular complexity index is 723. The molecule has 0 saturated carbocycles. The van der Waals surface area contributed by atoms with Crippen molar-refractivity contribution in [1.82, 2.24) is 20.2 Å². The maximum Gasteiger partial charge on any atom is 0.321 e. The summed E-state index contributed by atoms with van der Waals surface area (Å²) in [5.41, 5.74) is 0.771. The normalized spacial score (nSPS) is 10.3. The first-order chi connectivity index (χ1) is 10.1. The second-order valence-corrected chi connectivity index (χ2v) is 4.48. The van der Waals surface area contributed by atoms with Gasteiger partial charge in [0.1, 0.15) is 6.54 Å². The molecule has 0 aliphatic heterocycles. The van der Waals surface area contributed by atoms with Crippen LogP contribution in [0.25, 0.3) is 11.0 Å². The van der Waals surface area contributed by atoms with Crippen molar-refractivity contribution in [1.29, 1.82) is 0 Å². The van der Waals surface area contributed by atoms with Gasteiger partial charge < -0.3 is 5.32 Å². The van der Waals surface area contributed by atoms with Crippen LogP contribution in [-0.4, -0.2) is 28.0 Å². The Hall–Kier alpha value is -2.70. The molecule has 7 nitrogen and oxygen atoms in total. The van der Waals surface area contributed by atoms with Crippen LogP contribution in [0.2, 0.25) is 0 Å². The van der Waals surface area contributed by atoms with Crippen molar-refractivity contribution in [2.45, 2.75) is 19.9 Å². The molecule has 3 amide bonds. The van der Waals surface area contributed by atoms with Crippen LogP contribution in [0, 0.1) is 0 Å². The number of nitrogens with zero attached hydrogens (tertiary/aromatic N) is 2. The summed E-state index contributed by atoms with van der Waals surface area (Å²) in [5.74, 6) is -0.554. The zero-order valence-corrected chi connectivity index (χ0v) is 11.6. The molecule has 0 saturated heterocycles. The molecule has 0 bridgehead atoms. The minimum atomic E-state index is -0.562. The first-order valence-corrected chi connectivity index (χ1v) is 6.64. The third-order valence-electron chi connectivity index (χ3n) is 2.84. The highest BCUT2D eigenvalue weighted by Gasteiger charge is 2.11. The number of carbonyl (C=O) groups is 2. The summed E-state index contributed by atoms with van der Waals surface area (Å²) in [4.78, 5) is 39.1. The quantitative estimate of drug-likeness (QED) is 0.863. The minimum Gasteiger partial charge on any atom is -0.338 e. The van der Waals surface area contributed by atoms with E-state index in [0.29, 0.717) is 17.6 Å². The van der Waals surface area contributed by atoms with E-state index >= 15 is 0 Å². The summed E-state index contributed by atoms with van der Waals surface area (Å²) in [6, 6.07) is 6.44. The Morgan fingerprint density at radius 2 is 2.05 bits per heavy atom. The predicted octanol–water partition coefficient (Wildman–Crippen LogP) is 0.632. The monoisotopic (exact) mass is 288 g/mol. The molecule has 7 heteroatoms. The number of hydrogen-bond donors (Lipinski definition) is 2.